The van der Waals surface area contributed by atoms with Gasteiger partial charge in [0.05, 0.1) is 9.92 Å². The quantitative estimate of drug-likeness (QED) is 0.665. The van der Waals surface area contributed by atoms with Gasteiger partial charge in [0.1, 0.15) is 11.5 Å². The Bertz CT molecular complexity index is 986. The molecule has 0 saturated carbocycles. The van der Waals surface area contributed by atoms with Crippen LogP contribution in [0.1, 0.15) is 5.56 Å². The van der Waals surface area contributed by atoms with Crippen LogP contribution in [0.15, 0.2) is 77.7 Å². The molecular formula is C19H16ClNO3S. The van der Waals surface area contributed by atoms with Crippen molar-refractivity contribution in [2.24, 2.45) is 0 Å². The molecule has 0 aliphatic carbocycles. The van der Waals surface area contributed by atoms with Crippen molar-refractivity contribution in [1.82, 2.24) is 0 Å². The van der Waals surface area contributed by atoms with Crippen molar-refractivity contribution in [3.63, 3.8) is 0 Å². The Morgan fingerprint density at radius 1 is 0.920 bits per heavy atom. The van der Waals surface area contributed by atoms with Crippen LogP contribution in [0.3, 0.4) is 0 Å². The summed E-state index contributed by atoms with van der Waals surface area (Å²) in [6.45, 7) is 1.90. The number of anilines is 1. The molecule has 1 N–H and O–H groups in total. The van der Waals surface area contributed by atoms with Gasteiger partial charge in [0, 0.05) is 5.69 Å². The molecule has 0 saturated heterocycles. The highest BCUT2D eigenvalue weighted by Crippen LogP contribution is 2.29. The number of sulfonamides is 1. The van der Waals surface area contributed by atoms with E-state index in [4.69, 9.17) is 16.3 Å². The molecule has 0 unspecified atom stereocenters. The van der Waals surface area contributed by atoms with Crippen molar-refractivity contribution >= 4 is 27.3 Å². The molecule has 3 rings (SSSR count). The fourth-order valence-electron chi connectivity index (χ4n) is 2.26. The number of rotatable bonds is 5. The molecule has 0 atom stereocenters. The lowest BCUT2D eigenvalue weighted by atomic mass is 10.2. The molecule has 4 nitrogen and oxygen atoms in total. The van der Waals surface area contributed by atoms with Gasteiger partial charge in [0.15, 0.2) is 0 Å². The molecule has 0 bridgehead atoms. The average Bonchev–Trinajstić information content (AvgIpc) is 2.57. The lowest BCUT2D eigenvalue weighted by Crippen LogP contribution is -2.12. The second kappa shape index (κ2) is 7.17. The first-order valence-corrected chi connectivity index (χ1v) is 9.42. The first-order chi connectivity index (χ1) is 11.9. The monoisotopic (exact) mass is 373 g/mol. The van der Waals surface area contributed by atoms with E-state index in [-0.39, 0.29) is 4.90 Å². The highest BCUT2D eigenvalue weighted by atomic mass is 35.5. The second-order valence-electron chi connectivity index (χ2n) is 5.48. The zero-order valence-electron chi connectivity index (χ0n) is 13.4. The van der Waals surface area contributed by atoms with E-state index in [1.807, 2.05) is 25.1 Å². The summed E-state index contributed by atoms with van der Waals surface area (Å²) in [4.78, 5) is 0.153. The predicted molar refractivity (Wildman–Crippen MR) is 100.0 cm³/mol. The summed E-state index contributed by atoms with van der Waals surface area (Å²) < 4.78 is 33.2. The molecule has 0 aromatic heterocycles. The molecule has 0 radical (unpaired) electrons. The highest BCUT2D eigenvalue weighted by molar-refractivity contribution is 7.92. The average molecular weight is 374 g/mol. The minimum Gasteiger partial charge on any atom is -0.456 e. The van der Waals surface area contributed by atoms with Crippen LogP contribution < -0.4 is 9.46 Å². The number of hydrogen-bond donors (Lipinski definition) is 1. The van der Waals surface area contributed by atoms with E-state index in [2.05, 4.69) is 4.72 Å². The molecule has 0 aliphatic rings. The van der Waals surface area contributed by atoms with Crippen molar-refractivity contribution in [2.75, 3.05) is 4.72 Å². The maximum atomic E-state index is 12.5. The molecule has 3 aromatic carbocycles. The van der Waals surface area contributed by atoms with Gasteiger partial charge in [-0.25, -0.2) is 8.42 Å². The number of benzene rings is 3. The number of hydrogen-bond acceptors (Lipinski definition) is 3. The van der Waals surface area contributed by atoms with Gasteiger partial charge >= 0.3 is 0 Å². The van der Waals surface area contributed by atoms with E-state index < -0.39 is 10.0 Å². The maximum Gasteiger partial charge on any atom is 0.261 e. The van der Waals surface area contributed by atoms with Gasteiger partial charge in [0.2, 0.25) is 0 Å². The van der Waals surface area contributed by atoms with Crippen molar-refractivity contribution in [3.8, 4) is 11.5 Å². The van der Waals surface area contributed by atoms with Gasteiger partial charge in [-0.15, -0.1) is 0 Å². The summed E-state index contributed by atoms with van der Waals surface area (Å²) in [6, 6.07) is 20.4. The van der Waals surface area contributed by atoms with Crippen LogP contribution in [0.25, 0.3) is 0 Å². The molecular weight excluding hydrogens is 358 g/mol. The zero-order chi connectivity index (χ0) is 17.9. The highest BCUT2D eigenvalue weighted by Gasteiger charge is 2.14. The standard InChI is InChI=1S/C19H16ClNO3S/c1-14-5-4-6-15(13-14)21-25(22,23)17-11-9-16(10-12-17)24-19-8-3-2-7-18(19)20/h2-13,21H,1H3. The summed E-state index contributed by atoms with van der Waals surface area (Å²) in [5.41, 5.74) is 1.50. The number of halogens is 1. The fourth-order valence-corrected chi connectivity index (χ4v) is 3.49. The molecule has 0 fully saturated rings. The molecule has 0 aliphatic heterocycles. The maximum absolute atomic E-state index is 12.5. The van der Waals surface area contributed by atoms with E-state index in [1.165, 1.54) is 12.1 Å². The third kappa shape index (κ3) is 4.32. The minimum absolute atomic E-state index is 0.153. The van der Waals surface area contributed by atoms with Gasteiger partial charge in [-0.3, -0.25) is 4.72 Å². The number of nitrogens with one attached hydrogen (secondary N) is 1. The van der Waals surface area contributed by atoms with Gasteiger partial charge in [0.25, 0.3) is 10.0 Å². The van der Waals surface area contributed by atoms with Gasteiger partial charge in [-0.2, -0.15) is 0 Å². The molecule has 25 heavy (non-hydrogen) atoms. The smallest absolute Gasteiger partial charge is 0.261 e. The Labute approximate surface area is 152 Å². The Hall–Kier alpha value is -2.50. The largest absolute Gasteiger partial charge is 0.456 e. The van der Waals surface area contributed by atoms with Crippen LogP contribution in [0.5, 0.6) is 11.5 Å². The molecule has 6 heteroatoms. The van der Waals surface area contributed by atoms with Gasteiger partial charge < -0.3 is 4.74 Å². The van der Waals surface area contributed by atoms with Crippen LogP contribution >= 0.6 is 11.6 Å². The van der Waals surface area contributed by atoms with E-state index >= 15 is 0 Å². The third-order valence-corrected chi connectivity index (χ3v) is 5.18. The lowest BCUT2D eigenvalue weighted by molar-refractivity contribution is 0.482. The van der Waals surface area contributed by atoms with Crippen LogP contribution in [0.2, 0.25) is 5.02 Å². The summed E-state index contributed by atoms with van der Waals surface area (Å²) >= 11 is 6.05. The zero-order valence-corrected chi connectivity index (χ0v) is 15.0. The van der Waals surface area contributed by atoms with Crippen molar-refractivity contribution in [3.05, 3.63) is 83.4 Å². The fraction of sp³-hybridized carbons (Fsp3) is 0.0526. The number of aryl methyl sites for hydroxylation is 1. The topological polar surface area (TPSA) is 55.4 Å². The first kappa shape index (κ1) is 17.3. The third-order valence-electron chi connectivity index (χ3n) is 3.47. The number of para-hydroxylation sites is 1. The second-order valence-corrected chi connectivity index (χ2v) is 7.57. The van der Waals surface area contributed by atoms with Crippen LogP contribution in [-0.4, -0.2) is 8.42 Å². The molecule has 0 amide bonds. The summed E-state index contributed by atoms with van der Waals surface area (Å²) in [6.07, 6.45) is 0. The predicted octanol–water partition coefficient (Wildman–Crippen LogP) is 5.24. The SMILES string of the molecule is Cc1cccc(NS(=O)(=O)c2ccc(Oc3ccccc3Cl)cc2)c1. The summed E-state index contributed by atoms with van der Waals surface area (Å²) in [5.74, 6) is 1.01. The van der Waals surface area contributed by atoms with E-state index in [9.17, 15) is 8.42 Å². The Balaban J connectivity index is 1.78. The number of ether oxygens (including phenoxy) is 1. The Kier molecular flexibility index (Phi) is 4.97. The van der Waals surface area contributed by atoms with Crippen molar-refractivity contribution in [2.45, 2.75) is 11.8 Å². The van der Waals surface area contributed by atoms with E-state index in [1.54, 1.807) is 42.5 Å². The molecule has 0 spiro atoms. The van der Waals surface area contributed by atoms with E-state index in [0.29, 0.717) is 22.2 Å². The van der Waals surface area contributed by atoms with Crippen LogP contribution in [0.4, 0.5) is 5.69 Å². The molecule has 0 heterocycles. The lowest BCUT2D eigenvalue weighted by Gasteiger charge is -2.10. The molecule has 3 aromatic rings. The Morgan fingerprint density at radius 3 is 2.32 bits per heavy atom. The molecule has 128 valence electrons. The van der Waals surface area contributed by atoms with Crippen LogP contribution in [-0.2, 0) is 10.0 Å². The van der Waals surface area contributed by atoms with Gasteiger partial charge in [-0.05, 0) is 61.0 Å². The van der Waals surface area contributed by atoms with Crippen LogP contribution in [0, 0.1) is 6.92 Å². The van der Waals surface area contributed by atoms with Crippen molar-refractivity contribution < 1.29 is 13.2 Å². The Morgan fingerprint density at radius 2 is 1.64 bits per heavy atom. The normalized spacial score (nSPS) is 11.1. The van der Waals surface area contributed by atoms with E-state index in [0.717, 1.165) is 5.56 Å². The first-order valence-electron chi connectivity index (χ1n) is 7.56. The van der Waals surface area contributed by atoms with Gasteiger partial charge in [-0.1, -0.05) is 35.9 Å². The van der Waals surface area contributed by atoms with Crippen molar-refractivity contribution in [1.29, 1.82) is 0 Å². The summed E-state index contributed by atoms with van der Waals surface area (Å²) in [7, 11) is -3.66. The summed E-state index contributed by atoms with van der Waals surface area (Å²) in [5, 5.41) is 0.486. The minimum atomic E-state index is -3.66.